The van der Waals surface area contributed by atoms with Crippen LogP contribution in [0.15, 0.2) is 5.16 Å². The van der Waals surface area contributed by atoms with Gasteiger partial charge in [-0.05, 0) is 25.7 Å². The van der Waals surface area contributed by atoms with Crippen LogP contribution in [0.4, 0.5) is 4.79 Å². The number of esters is 1. The van der Waals surface area contributed by atoms with Crippen molar-refractivity contribution in [1.29, 1.82) is 0 Å². The predicted molar refractivity (Wildman–Crippen MR) is 72.9 cm³/mol. The molecule has 1 saturated carbocycles. The van der Waals surface area contributed by atoms with Crippen molar-refractivity contribution in [2.75, 3.05) is 20.2 Å². The van der Waals surface area contributed by atoms with Crippen LogP contribution in [0.1, 0.15) is 32.1 Å². The number of carbonyl (C=O) groups is 2. The highest BCUT2D eigenvalue weighted by molar-refractivity contribution is 5.89. The molecule has 0 aromatic carbocycles. The third-order valence-electron chi connectivity index (χ3n) is 4.82. The van der Waals surface area contributed by atoms with E-state index in [1.807, 2.05) is 0 Å². The van der Waals surface area contributed by atoms with Crippen LogP contribution in [-0.4, -0.2) is 53.6 Å². The normalized spacial score (nSPS) is 30.3. The number of amides is 1. The molecule has 3 rings (SSSR count). The Kier molecular flexibility index (Phi) is 3.51. The van der Waals surface area contributed by atoms with E-state index >= 15 is 0 Å². The lowest BCUT2D eigenvalue weighted by Gasteiger charge is -2.43. The number of oxime groups is 1. The average Bonchev–Trinajstić information content (AvgIpc) is 2.90. The highest BCUT2D eigenvalue weighted by Gasteiger charge is 2.52. The molecule has 2 heterocycles. The number of hydrogen-bond acceptors (Lipinski definition) is 5. The third kappa shape index (κ3) is 2.56. The van der Waals surface area contributed by atoms with Gasteiger partial charge in [0.2, 0.25) is 0 Å². The van der Waals surface area contributed by atoms with E-state index in [0.29, 0.717) is 25.4 Å². The molecule has 2 aliphatic heterocycles. The van der Waals surface area contributed by atoms with Gasteiger partial charge in [0.1, 0.15) is 0 Å². The second-order valence-corrected chi connectivity index (χ2v) is 6.24. The van der Waals surface area contributed by atoms with E-state index in [9.17, 15) is 9.59 Å². The quantitative estimate of drug-likeness (QED) is 0.780. The molecule has 3 aliphatic rings. The molecule has 1 spiro atoms. The second kappa shape index (κ2) is 5.20. The van der Waals surface area contributed by atoms with Crippen molar-refractivity contribution >= 4 is 17.8 Å². The van der Waals surface area contributed by atoms with Crippen molar-refractivity contribution in [3.8, 4) is 0 Å². The fourth-order valence-electron chi connectivity index (χ4n) is 3.55. The lowest BCUT2D eigenvalue weighted by atomic mass is 9.76. The molecular formula is C14H20N2O5. The molecule has 1 aliphatic carbocycles. The maximum atomic E-state index is 11.5. The maximum absolute atomic E-state index is 11.5. The van der Waals surface area contributed by atoms with E-state index in [4.69, 9.17) is 14.7 Å². The largest absolute Gasteiger partial charge is 0.469 e. The van der Waals surface area contributed by atoms with Gasteiger partial charge < -0.3 is 14.7 Å². The van der Waals surface area contributed by atoms with Gasteiger partial charge in [0.15, 0.2) is 5.60 Å². The van der Waals surface area contributed by atoms with E-state index in [2.05, 4.69) is 5.16 Å². The minimum absolute atomic E-state index is 0.00864. The van der Waals surface area contributed by atoms with Crippen molar-refractivity contribution < 1.29 is 24.3 Å². The van der Waals surface area contributed by atoms with Crippen molar-refractivity contribution in [3.05, 3.63) is 0 Å². The molecule has 0 radical (unpaired) electrons. The number of likely N-dealkylation sites (tertiary alicyclic amines) is 1. The molecule has 116 valence electrons. The van der Waals surface area contributed by atoms with E-state index in [1.165, 1.54) is 12.0 Å². The lowest BCUT2D eigenvalue weighted by molar-refractivity contribution is -0.146. The van der Waals surface area contributed by atoms with Gasteiger partial charge in [-0.15, -0.1) is 0 Å². The number of hydrogen-bond donors (Lipinski definition) is 1. The molecule has 0 unspecified atom stereocenters. The van der Waals surface area contributed by atoms with E-state index in [1.54, 1.807) is 0 Å². The van der Waals surface area contributed by atoms with Gasteiger partial charge in [0.25, 0.3) is 0 Å². The topological polar surface area (TPSA) is 88.4 Å². The highest BCUT2D eigenvalue weighted by atomic mass is 16.7. The molecule has 0 atom stereocenters. The molecule has 0 bridgehead atoms. The van der Waals surface area contributed by atoms with Crippen LogP contribution in [0.5, 0.6) is 0 Å². The molecule has 21 heavy (non-hydrogen) atoms. The van der Waals surface area contributed by atoms with Gasteiger partial charge in [-0.2, -0.15) is 0 Å². The van der Waals surface area contributed by atoms with Crippen molar-refractivity contribution in [3.63, 3.8) is 0 Å². The van der Waals surface area contributed by atoms with Crippen LogP contribution in [0.3, 0.4) is 0 Å². The van der Waals surface area contributed by atoms with E-state index in [0.717, 1.165) is 31.4 Å². The Labute approximate surface area is 122 Å². The first-order valence-electron chi connectivity index (χ1n) is 7.34. The Morgan fingerprint density at radius 3 is 2.57 bits per heavy atom. The summed E-state index contributed by atoms with van der Waals surface area (Å²) >= 11 is 0. The number of nitrogens with zero attached hydrogens (tertiary/aromatic N) is 2. The monoisotopic (exact) mass is 296 g/mol. The Balaban J connectivity index is 1.50. The molecule has 7 heteroatoms. The molecule has 7 nitrogen and oxygen atoms in total. The van der Waals surface area contributed by atoms with Crippen LogP contribution in [0.25, 0.3) is 0 Å². The first-order valence-corrected chi connectivity index (χ1v) is 7.34. The molecule has 0 aromatic heterocycles. The SMILES string of the molecule is COC(=O)[C@H]1CC[C@@H](C2=NOC3(C2)CN(C(=O)O)C3)CC1. The first kappa shape index (κ1) is 14.2. The summed E-state index contributed by atoms with van der Waals surface area (Å²) in [6.07, 6.45) is 3.29. The van der Waals surface area contributed by atoms with E-state index in [-0.39, 0.29) is 11.9 Å². The van der Waals surface area contributed by atoms with Gasteiger partial charge in [-0.3, -0.25) is 9.69 Å². The number of carboxylic acid groups (broad SMARTS) is 1. The minimum atomic E-state index is -0.906. The minimum Gasteiger partial charge on any atom is -0.469 e. The van der Waals surface area contributed by atoms with Gasteiger partial charge in [-0.25, -0.2) is 4.79 Å². The highest BCUT2D eigenvalue weighted by Crippen LogP contribution is 2.39. The zero-order chi connectivity index (χ0) is 15.0. The summed E-state index contributed by atoms with van der Waals surface area (Å²) in [6.45, 7) is 0.791. The zero-order valence-corrected chi connectivity index (χ0v) is 12.1. The summed E-state index contributed by atoms with van der Waals surface area (Å²) in [4.78, 5) is 29.2. The Bertz CT molecular complexity index is 476. The predicted octanol–water partition coefficient (Wildman–Crippen LogP) is 1.47. The average molecular weight is 296 g/mol. The fourth-order valence-corrected chi connectivity index (χ4v) is 3.55. The molecular weight excluding hydrogens is 276 g/mol. The van der Waals surface area contributed by atoms with Gasteiger partial charge in [0.05, 0.1) is 31.8 Å². The Morgan fingerprint density at radius 1 is 1.33 bits per heavy atom. The van der Waals surface area contributed by atoms with Crippen LogP contribution in [-0.2, 0) is 14.4 Å². The van der Waals surface area contributed by atoms with E-state index < -0.39 is 11.7 Å². The van der Waals surface area contributed by atoms with Gasteiger partial charge in [-0.1, -0.05) is 5.16 Å². The fraction of sp³-hybridized carbons (Fsp3) is 0.786. The molecule has 2 fully saturated rings. The Hall–Kier alpha value is -1.79. The summed E-state index contributed by atoms with van der Waals surface area (Å²) in [7, 11) is 1.43. The summed E-state index contributed by atoms with van der Waals surface area (Å²) in [5.74, 6) is 0.240. The second-order valence-electron chi connectivity index (χ2n) is 6.24. The molecule has 1 N–H and O–H groups in total. The number of methoxy groups -OCH3 is 1. The van der Waals surface area contributed by atoms with Crippen molar-refractivity contribution in [2.45, 2.75) is 37.7 Å². The first-order chi connectivity index (χ1) is 10.0. The van der Waals surface area contributed by atoms with Gasteiger partial charge >= 0.3 is 12.1 Å². The van der Waals surface area contributed by atoms with Gasteiger partial charge in [0, 0.05) is 12.3 Å². The third-order valence-corrected chi connectivity index (χ3v) is 4.82. The molecule has 0 aromatic rings. The zero-order valence-electron chi connectivity index (χ0n) is 12.1. The van der Waals surface area contributed by atoms with Crippen molar-refractivity contribution in [1.82, 2.24) is 4.90 Å². The van der Waals surface area contributed by atoms with Crippen LogP contribution >= 0.6 is 0 Å². The van der Waals surface area contributed by atoms with Crippen LogP contribution < -0.4 is 0 Å². The maximum Gasteiger partial charge on any atom is 0.407 e. The summed E-state index contributed by atoms with van der Waals surface area (Å²) < 4.78 is 4.79. The Morgan fingerprint density at radius 2 is 2.00 bits per heavy atom. The summed E-state index contributed by atoms with van der Waals surface area (Å²) in [6, 6.07) is 0. The number of carbonyl (C=O) groups excluding carboxylic acids is 1. The smallest absolute Gasteiger partial charge is 0.407 e. The standard InChI is InChI=1S/C14H20N2O5/c1-20-12(17)10-4-2-9(3-5-10)11-6-14(21-15-11)7-16(8-14)13(18)19/h9-10H,2-8H2,1H3,(H,18,19)/t9-,10+. The molecule has 1 saturated heterocycles. The number of ether oxygens (including phenoxy) is 1. The number of rotatable bonds is 2. The molecule has 1 amide bonds. The summed E-state index contributed by atoms with van der Waals surface area (Å²) in [5, 5.41) is 13.1. The van der Waals surface area contributed by atoms with Crippen LogP contribution in [0.2, 0.25) is 0 Å². The van der Waals surface area contributed by atoms with Crippen molar-refractivity contribution in [2.24, 2.45) is 17.0 Å². The lowest BCUT2D eigenvalue weighted by Crippen LogP contribution is -2.63. The summed E-state index contributed by atoms with van der Waals surface area (Å²) in [5.41, 5.74) is 0.607. The van der Waals surface area contributed by atoms with Crippen LogP contribution in [0, 0.1) is 11.8 Å².